The van der Waals surface area contributed by atoms with Gasteiger partial charge in [-0.15, -0.1) is 0 Å². The predicted molar refractivity (Wildman–Crippen MR) is 98.2 cm³/mol. The third kappa shape index (κ3) is 7.60. The maximum atomic E-state index is 9.84. The molecule has 1 aromatic carbocycles. The topological polar surface area (TPSA) is 66.4 Å². The van der Waals surface area contributed by atoms with Crippen molar-refractivity contribution in [3.05, 3.63) is 29.8 Å². The van der Waals surface area contributed by atoms with E-state index in [9.17, 15) is 5.11 Å². The van der Waals surface area contributed by atoms with Gasteiger partial charge < -0.3 is 28.8 Å². The quantitative estimate of drug-likeness (QED) is 0.572. The highest BCUT2D eigenvalue weighted by Crippen LogP contribution is 2.29. The molecule has 0 saturated carbocycles. The van der Waals surface area contributed by atoms with Crippen molar-refractivity contribution >= 4 is 0 Å². The Hall–Kier alpha value is -1.18. The molecule has 1 aliphatic rings. The molecular weight excluding hydrogens is 336 g/mol. The van der Waals surface area contributed by atoms with Crippen LogP contribution < -0.4 is 4.74 Å². The van der Waals surface area contributed by atoms with Gasteiger partial charge in [0.15, 0.2) is 12.1 Å². The molecule has 1 aliphatic heterocycles. The third-order valence-electron chi connectivity index (χ3n) is 4.11. The number of rotatable bonds is 12. The standard InChI is InChI=1S/C20H32O6/c1-4-22-12-13-23-14-15-24-17-10-8-16(9-11-17)6-5-7-18-19(21)26-20(2,3)25-18/h8-11,18-19,21H,4-7,12-15H2,1-3H3. The molecule has 6 heteroatoms. The number of benzene rings is 1. The highest BCUT2D eigenvalue weighted by molar-refractivity contribution is 5.27. The fraction of sp³-hybridized carbons (Fsp3) is 0.700. The summed E-state index contributed by atoms with van der Waals surface area (Å²) in [6.07, 6.45) is 1.53. The van der Waals surface area contributed by atoms with Crippen LogP contribution in [0.3, 0.4) is 0 Å². The SMILES string of the molecule is CCOCCOCCOc1ccc(CCCC2OC(C)(C)OC2O)cc1. The summed E-state index contributed by atoms with van der Waals surface area (Å²) in [5.74, 6) is 0.141. The molecule has 1 heterocycles. The first-order valence-corrected chi connectivity index (χ1v) is 9.41. The first kappa shape index (κ1) is 21.1. The van der Waals surface area contributed by atoms with Gasteiger partial charge in [0, 0.05) is 6.61 Å². The molecule has 2 unspecified atom stereocenters. The lowest BCUT2D eigenvalue weighted by Gasteiger charge is -2.16. The van der Waals surface area contributed by atoms with E-state index in [0.29, 0.717) is 33.0 Å². The average Bonchev–Trinajstić information content (AvgIpc) is 2.87. The van der Waals surface area contributed by atoms with Crippen LogP contribution in [0.2, 0.25) is 0 Å². The molecule has 0 spiro atoms. The van der Waals surface area contributed by atoms with Gasteiger partial charge in [0.1, 0.15) is 18.5 Å². The number of ether oxygens (including phenoxy) is 5. The summed E-state index contributed by atoms with van der Waals surface area (Å²) in [6, 6.07) is 8.08. The summed E-state index contributed by atoms with van der Waals surface area (Å²) in [5.41, 5.74) is 1.23. The molecule has 0 amide bonds. The van der Waals surface area contributed by atoms with E-state index in [1.54, 1.807) is 0 Å². The van der Waals surface area contributed by atoms with Crippen LogP contribution in [-0.2, 0) is 25.4 Å². The lowest BCUT2D eigenvalue weighted by atomic mass is 10.1. The van der Waals surface area contributed by atoms with Crippen LogP contribution in [-0.4, -0.2) is 56.3 Å². The van der Waals surface area contributed by atoms with Crippen molar-refractivity contribution in [2.45, 2.75) is 58.2 Å². The number of aliphatic hydroxyl groups excluding tert-OH is 1. The molecule has 148 valence electrons. The van der Waals surface area contributed by atoms with E-state index in [4.69, 9.17) is 23.7 Å². The van der Waals surface area contributed by atoms with E-state index < -0.39 is 12.1 Å². The van der Waals surface area contributed by atoms with E-state index in [0.717, 1.165) is 25.0 Å². The molecule has 26 heavy (non-hydrogen) atoms. The second kappa shape index (κ2) is 10.8. The second-order valence-electron chi connectivity index (χ2n) is 6.76. The highest BCUT2D eigenvalue weighted by Gasteiger charge is 2.39. The lowest BCUT2D eigenvalue weighted by molar-refractivity contribution is -0.174. The van der Waals surface area contributed by atoms with Gasteiger partial charge in [-0.1, -0.05) is 12.1 Å². The Balaban J connectivity index is 1.59. The summed E-state index contributed by atoms with van der Waals surface area (Å²) in [5, 5.41) is 9.84. The van der Waals surface area contributed by atoms with Gasteiger partial charge in [-0.25, -0.2) is 0 Å². The minimum Gasteiger partial charge on any atom is -0.491 e. The average molecular weight is 368 g/mol. The zero-order chi connectivity index (χ0) is 18.8. The van der Waals surface area contributed by atoms with E-state index in [1.165, 1.54) is 5.56 Å². The zero-order valence-corrected chi connectivity index (χ0v) is 16.1. The van der Waals surface area contributed by atoms with Gasteiger partial charge in [0.2, 0.25) is 0 Å². The first-order valence-electron chi connectivity index (χ1n) is 9.41. The van der Waals surface area contributed by atoms with Crippen molar-refractivity contribution in [2.24, 2.45) is 0 Å². The lowest BCUT2D eigenvalue weighted by Crippen LogP contribution is -2.21. The third-order valence-corrected chi connectivity index (χ3v) is 4.11. The summed E-state index contributed by atoms with van der Waals surface area (Å²) < 4.78 is 27.3. The molecule has 1 N–H and O–H groups in total. The Morgan fingerprint density at radius 2 is 1.69 bits per heavy atom. The van der Waals surface area contributed by atoms with Crippen molar-refractivity contribution in [3.63, 3.8) is 0 Å². The Labute approximate surface area is 156 Å². The van der Waals surface area contributed by atoms with Crippen molar-refractivity contribution in [3.8, 4) is 5.75 Å². The number of aryl methyl sites for hydroxylation is 1. The Kier molecular flexibility index (Phi) is 8.81. The monoisotopic (exact) mass is 368 g/mol. The number of aliphatic hydroxyl groups is 1. The zero-order valence-electron chi connectivity index (χ0n) is 16.1. The normalized spacial score (nSPS) is 21.8. The molecule has 2 rings (SSSR count). The molecule has 0 bridgehead atoms. The van der Waals surface area contributed by atoms with E-state index in [-0.39, 0.29) is 6.10 Å². The number of hydrogen-bond acceptors (Lipinski definition) is 6. The van der Waals surface area contributed by atoms with E-state index in [1.807, 2.05) is 32.9 Å². The fourth-order valence-electron chi connectivity index (χ4n) is 2.86. The van der Waals surface area contributed by atoms with Crippen molar-refractivity contribution in [1.29, 1.82) is 0 Å². The molecule has 1 fully saturated rings. The van der Waals surface area contributed by atoms with E-state index in [2.05, 4.69) is 12.1 Å². The molecule has 6 nitrogen and oxygen atoms in total. The Morgan fingerprint density at radius 1 is 1.00 bits per heavy atom. The molecule has 2 atom stereocenters. The second-order valence-corrected chi connectivity index (χ2v) is 6.76. The maximum Gasteiger partial charge on any atom is 0.184 e. The van der Waals surface area contributed by atoms with Crippen molar-refractivity contribution < 1.29 is 28.8 Å². The summed E-state index contributed by atoms with van der Waals surface area (Å²) in [6.45, 7) is 8.61. The van der Waals surface area contributed by atoms with Crippen molar-refractivity contribution in [1.82, 2.24) is 0 Å². The molecule has 0 aromatic heterocycles. The van der Waals surface area contributed by atoms with Gasteiger partial charge in [-0.2, -0.15) is 0 Å². The summed E-state index contributed by atoms with van der Waals surface area (Å²) in [7, 11) is 0. The minimum atomic E-state index is -0.837. The summed E-state index contributed by atoms with van der Waals surface area (Å²) >= 11 is 0. The maximum absolute atomic E-state index is 9.84. The van der Waals surface area contributed by atoms with Gasteiger partial charge in [-0.05, 0) is 57.7 Å². The summed E-state index contributed by atoms with van der Waals surface area (Å²) in [4.78, 5) is 0. The van der Waals surface area contributed by atoms with Crippen LogP contribution in [0.25, 0.3) is 0 Å². The van der Waals surface area contributed by atoms with Gasteiger partial charge in [0.25, 0.3) is 0 Å². The van der Waals surface area contributed by atoms with Crippen molar-refractivity contribution in [2.75, 3.05) is 33.0 Å². The minimum absolute atomic E-state index is 0.254. The van der Waals surface area contributed by atoms with Crippen LogP contribution in [0, 0.1) is 0 Å². The fourth-order valence-corrected chi connectivity index (χ4v) is 2.86. The smallest absolute Gasteiger partial charge is 0.184 e. The molecule has 0 radical (unpaired) electrons. The van der Waals surface area contributed by atoms with Crippen LogP contribution in [0.4, 0.5) is 0 Å². The van der Waals surface area contributed by atoms with Crippen LogP contribution in [0.1, 0.15) is 39.2 Å². The first-order chi connectivity index (χ1) is 12.5. The Morgan fingerprint density at radius 3 is 2.35 bits per heavy atom. The van der Waals surface area contributed by atoms with E-state index >= 15 is 0 Å². The highest BCUT2D eigenvalue weighted by atomic mass is 16.8. The molecule has 0 aliphatic carbocycles. The van der Waals surface area contributed by atoms with Crippen LogP contribution >= 0.6 is 0 Å². The van der Waals surface area contributed by atoms with Crippen LogP contribution in [0.5, 0.6) is 5.75 Å². The van der Waals surface area contributed by atoms with Gasteiger partial charge >= 0.3 is 0 Å². The van der Waals surface area contributed by atoms with Crippen LogP contribution in [0.15, 0.2) is 24.3 Å². The molecule has 1 saturated heterocycles. The largest absolute Gasteiger partial charge is 0.491 e. The number of hydrogen-bond donors (Lipinski definition) is 1. The Bertz CT molecular complexity index is 502. The molecular formula is C20H32O6. The van der Waals surface area contributed by atoms with Gasteiger partial charge in [0.05, 0.1) is 19.8 Å². The molecule has 1 aromatic rings. The predicted octanol–water partition coefficient (Wildman–Crippen LogP) is 2.91. The van der Waals surface area contributed by atoms with Gasteiger partial charge in [-0.3, -0.25) is 0 Å².